The average Bonchev–Trinajstić information content (AvgIpc) is 2.47. The van der Waals surface area contributed by atoms with Gasteiger partial charge in [-0.2, -0.15) is 5.26 Å². The molecule has 1 amide bonds. The number of hydrogen-bond donors (Lipinski definition) is 1. The second-order valence-electron chi connectivity index (χ2n) is 4.22. The molecule has 0 saturated heterocycles. The third-order valence-electron chi connectivity index (χ3n) is 2.61. The van der Waals surface area contributed by atoms with E-state index in [1.54, 1.807) is 24.3 Å². The van der Waals surface area contributed by atoms with E-state index in [1.165, 1.54) is 12.1 Å². The lowest BCUT2D eigenvalue weighted by molar-refractivity contribution is -0.118. The van der Waals surface area contributed by atoms with E-state index in [0.717, 1.165) is 0 Å². The third-order valence-corrected chi connectivity index (χ3v) is 3.39. The molecule has 112 valence electrons. The van der Waals surface area contributed by atoms with Gasteiger partial charge in [-0.05, 0) is 36.4 Å². The van der Waals surface area contributed by atoms with Crippen LogP contribution in [-0.4, -0.2) is 12.5 Å². The van der Waals surface area contributed by atoms with Crippen molar-refractivity contribution in [3.63, 3.8) is 0 Å². The molecule has 2 rings (SSSR count). The number of ether oxygens (including phenoxy) is 1. The van der Waals surface area contributed by atoms with Gasteiger partial charge < -0.3 is 10.1 Å². The van der Waals surface area contributed by atoms with Crippen LogP contribution in [0.3, 0.4) is 0 Å². The van der Waals surface area contributed by atoms with Crippen LogP contribution < -0.4 is 10.1 Å². The van der Waals surface area contributed by atoms with E-state index in [1.807, 2.05) is 6.07 Å². The van der Waals surface area contributed by atoms with Crippen LogP contribution in [0.2, 0.25) is 15.1 Å². The Hall–Kier alpha value is -1.93. The molecule has 0 atom stereocenters. The van der Waals surface area contributed by atoms with Crippen molar-refractivity contribution in [1.82, 2.24) is 0 Å². The molecule has 0 aliphatic rings. The summed E-state index contributed by atoms with van der Waals surface area (Å²) < 4.78 is 5.31. The number of amides is 1. The first-order valence-corrected chi connectivity index (χ1v) is 7.20. The van der Waals surface area contributed by atoms with Gasteiger partial charge in [0.2, 0.25) is 0 Å². The van der Waals surface area contributed by atoms with Gasteiger partial charge in [0.1, 0.15) is 0 Å². The predicted molar refractivity (Wildman–Crippen MR) is 86.8 cm³/mol. The highest BCUT2D eigenvalue weighted by atomic mass is 35.5. The Bertz CT molecular complexity index is 716. The molecular weight excluding hydrogens is 347 g/mol. The summed E-state index contributed by atoms with van der Waals surface area (Å²) in [5.41, 5.74) is 1.06. The quantitative estimate of drug-likeness (QED) is 0.876. The molecule has 0 aromatic heterocycles. The summed E-state index contributed by atoms with van der Waals surface area (Å²) in [6.45, 7) is -0.263. The molecule has 22 heavy (non-hydrogen) atoms. The minimum Gasteiger partial charge on any atom is -0.481 e. The molecule has 0 bridgehead atoms. The van der Waals surface area contributed by atoms with Crippen molar-refractivity contribution in [2.75, 3.05) is 11.9 Å². The van der Waals surface area contributed by atoms with Gasteiger partial charge in [0.05, 0.1) is 21.7 Å². The summed E-state index contributed by atoms with van der Waals surface area (Å²) in [5, 5.41) is 12.2. The number of benzene rings is 2. The summed E-state index contributed by atoms with van der Waals surface area (Å²) in [6, 6.07) is 11.4. The minimum absolute atomic E-state index is 0.197. The highest BCUT2D eigenvalue weighted by molar-refractivity contribution is 6.40. The van der Waals surface area contributed by atoms with Crippen LogP contribution in [0.4, 0.5) is 5.69 Å². The molecule has 0 aliphatic heterocycles. The molecule has 0 heterocycles. The Morgan fingerprint density at radius 3 is 2.27 bits per heavy atom. The average molecular weight is 356 g/mol. The van der Waals surface area contributed by atoms with Crippen LogP contribution in [0.1, 0.15) is 5.56 Å². The fourth-order valence-electron chi connectivity index (χ4n) is 1.63. The summed E-state index contributed by atoms with van der Waals surface area (Å²) in [4.78, 5) is 11.8. The first kappa shape index (κ1) is 16.4. The van der Waals surface area contributed by atoms with Crippen LogP contribution in [0.15, 0.2) is 36.4 Å². The summed E-state index contributed by atoms with van der Waals surface area (Å²) in [7, 11) is 0. The lowest BCUT2D eigenvalue weighted by atomic mass is 10.2. The number of anilines is 1. The van der Waals surface area contributed by atoms with Crippen LogP contribution in [0.25, 0.3) is 0 Å². The first-order chi connectivity index (χ1) is 10.5. The molecule has 4 nitrogen and oxygen atoms in total. The van der Waals surface area contributed by atoms with E-state index in [-0.39, 0.29) is 28.3 Å². The molecule has 0 radical (unpaired) electrons. The Morgan fingerprint density at radius 2 is 1.73 bits per heavy atom. The molecule has 0 aliphatic carbocycles. The van der Waals surface area contributed by atoms with Gasteiger partial charge in [-0.15, -0.1) is 0 Å². The van der Waals surface area contributed by atoms with E-state index < -0.39 is 0 Å². The van der Waals surface area contributed by atoms with Gasteiger partial charge in [0.25, 0.3) is 5.91 Å². The fraction of sp³-hybridized carbons (Fsp3) is 0.0667. The number of hydrogen-bond acceptors (Lipinski definition) is 3. The van der Waals surface area contributed by atoms with Crippen molar-refractivity contribution in [1.29, 1.82) is 5.26 Å². The lowest BCUT2D eigenvalue weighted by Gasteiger charge is -2.10. The third kappa shape index (κ3) is 4.28. The normalized spacial score (nSPS) is 9.91. The van der Waals surface area contributed by atoms with Gasteiger partial charge in [0.15, 0.2) is 12.4 Å². The van der Waals surface area contributed by atoms with Crippen molar-refractivity contribution >= 4 is 46.4 Å². The van der Waals surface area contributed by atoms with E-state index in [0.29, 0.717) is 16.3 Å². The Balaban J connectivity index is 1.97. The molecule has 2 aromatic rings. The second kappa shape index (κ2) is 7.37. The number of carbonyl (C=O) groups excluding carboxylic acids is 1. The van der Waals surface area contributed by atoms with Gasteiger partial charge in [-0.1, -0.05) is 34.8 Å². The standard InChI is InChI=1S/C15H9Cl3N2O2/c16-10-5-12(17)15(13(18)6-10)22-8-14(21)20-11-3-1-9(7-19)2-4-11/h1-6H,8H2,(H,20,21). The number of nitrogens with zero attached hydrogens (tertiary/aromatic N) is 1. The van der Waals surface area contributed by atoms with E-state index >= 15 is 0 Å². The Morgan fingerprint density at radius 1 is 1.14 bits per heavy atom. The molecule has 0 unspecified atom stereocenters. The van der Waals surface area contributed by atoms with E-state index in [4.69, 9.17) is 44.8 Å². The van der Waals surface area contributed by atoms with Crippen LogP contribution >= 0.6 is 34.8 Å². The summed E-state index contributed by atoms with van der Waals surface area (Å²) >= 11 is 17.7. The number of nitrogens with one attached hydrogen (secondary N) is 1. The topological polar surface area (TPSA) is 62.1 Å². The van der Waals surface area contributed by atoms with E-state index in [9.17, 15) is 4.79 Å². The molecule has 0 saturated carbocycles. The maximum Gasteiger partial charge on any atom is 0.262 e. The monoisotopic (exact) mass is 354 g/mol. The zero-order valence-electron chi connectivity index (χ0n) is 11.1. The number of halogens is 3. The maximum atomic E-state index is 11.8. The fourth-order valence-corrected chi connectivity index (χ4v) is 2.56. The Kier molecular flexibility index (Phi) is 5.51. The zero-order chi connectivity index (χ0) is 16.1. The van der Waals surface area contributed by atoms with Crippen molar-refractivity contribution in [3.05, 3.63) is 57.0 Å². The molecule has 7 heteroatoms. The number of carbonyl (C=O) groups is 1. The van der Waals surface area contributed by atoms with Crippen LogP contribution in [-0.2, 0) is 4.79 Å². The highest BCUT2D eigenvalue weighted by Crippen LogP contribution is 2.35. The number of rotatable bonds is 4. The molecule has 0 spiro atoms. The van der Waals surface area contributed by atoms with Gasteiger partial charge in [-0.3, -0.25) is 4.79 Å². The SMILES string of the molecule is N#Cc1ccc(NC(=O)COc2c(Cl)cc(Cl)cc2Cl)cc1. The summed E-state index contributed by atoms with van der Waals surface area (Å²) in [6.07, 6.45) is 0. The first-order valence-electron chi connectivity index (χ1n) is 6.07. The van der Waals surface area contributed by atoms with Gasteiger partial charge in [-0.25, -0.2) is 0 Å². The summed E-state index contributed by atoms with van der Waals surface area (Å²) in [5.74, 6) is -0.186. The largest absolute Gasteiger partial charge is 0.481 e. The Labute approximate surface area is 142 Å². The van der Waals surface area contributed by atoms with Crippen molar-refractivity contribution in [2.24, 2.45) is 0 Å². The zero-order valence-corrected chi connectivity index (χ0v) is 13.3. The van der Waals surface area contributed by atoms with Gasteiger partial charge in [0, 0.05) is 10.7 Å². The van der Waals surface area contributed by atoms with Crippen molar-refractivity contribution in [3.8, 4) is 11.8 Å². The molecule has 2 aromatic carbocycles. The van der Waals surface area contributed by atoms with E-state index in [2.05, 4.69) is 5.32 Å². The molecule has 0 fully saturated rings. The minimum atomic E-state index is -0.383. The van der Waals surface area contributed by atoms with Gasteiger partial charge >= 0.3 is 0 Å². The second-order valence-corrected chi connectivity index (χ2v) is 5.48. The number of nitriles is 1. The van der Waals surface area contributed by atoms with Crippen molar-refractivity contribution in [2.45, 2.75) is 0 Å². The highest BCUT2D eigenvalue weighted by Gasteiger charge is 2.11. The molecule has 1 N–H and O–H groups in total. The lowest BCUT2D eigenvalue weighted by Crippen LogP contribution is -2.20. The van der Waals surface area contributed by atoms with Crippen molar-refractivity contribution < 1.29 is 9.53 Å². The smallest absolute Gasteiger partial charge is 0.262 e. The van der Waals surface area contributed by atoms with Crippen LogP contribution in [0.5, 0.6) is 5.75 Å². The maximum absolute atomic E-state index is 11.8. The predicted octanol–water partition coefficient (Wildman–Crippen LogP) is 4.54. The molecular formula is C15H9Cl3N2O2. The van der Waals surface area contributed by atoms with Crippen LogP contribution in [0, 0.1) is 11.3 Å².